The highest BCUT2D eigenvalue weighted by Crippen LogP contribution is 2.30. The van der Waals surface area contributed by atoms with E-state index in [9.17, 15) is 18.0 Å². The number of ether oxygens (including phenoxy) is 1. The number of nitrogens with one attached hydrogen (secondary N) is 1. The Kier molecular flexibility index (Phi) is 7.15. The fraction of sp³-hybridized carbons (Fsp3) is 0.348. The molecule has 3 rings (SSSR count). The predicted octanol–water partition coefficient (Wildman–Crippen LogP) is 4.51. The van der Waals surface area contributed by atoms with Crippen molar-refractivity contribution in [1.29, 1.82) is 0 Å². The van der Waals surface area contributed by atoms with Gasteiger partial charge in [0.05, 0.1) is 12.7 Å². The Labute approximate surface area is 174 Å². The third-order valence-corrected chi connectivity index (χ3v) is 5.15. The topological polar surface area (TPSA) is 41.6 Å². The molecule has 1 heterocycles. The van der Waals surface area contributed by atoms with Crippen molar-refractivity contribution in [2.45, 2.75) is 31.6 Å². The third-order valence-electron chi connectivity index (χ3n) is 5.15. The number of para-hydroxylation sites is 1. The SMILES string of the molecule is COc1ccccc1/C=C/C(=O)NC1CCN(Cc2cccc(C(F)(F)F)c2)CC1. The molecule has 0 spiro atoms. The Balaban J connectivity index is 1.48. The summed E-state index contributed by atoms with van der Waals surface area (Å²) in [6.07, 6.45) is 0.398. The average molecular weight is 418 g/mol. The van der Waals surface area contributed by atoms with E-state index >= 15 is 0 Å². The van der Waals surface area contributed by atoms with Gasteiger partial charge in [0, 0.05) is 37.3 Å². The number of carbonyl (C=O) groups excluding carboxylic acids is 1. The lowest BCUT2D eigenvalue weighted by molar-refractivity contribution is -0.137. The number of benzene rings is 2. The second-order valence-corrected chi connectivity index (χ2v) is 7.33. The van der Waals surface area contributed by atoms with Crippen LogP contribution in [-0.4, -0.2) is 37.0 Å². The first-order chi connectivity index (χ1) is 14.3. The number of amides is 1. The van der Waals surface area contributed by atoms with Gasteiger partial charge >= 0.3 is 6.18 Å². The van der Waals surface area contributed by atoms with Crippen LogP contribution in [0.3, 0.4) is 0 Å². The molecule has 0 saturated carbocycles. The average Bonchev–Trinajstić information content (AvgIpc) is 2.73. The third kappa shape index (κ3) is 6.10. The number of halogens is 3. The monoisotopic (exact) mass is 418 g/mol. The van der Waals surface area contributed by atoms with Gasteiger partial charge in [-0.2, -0.15) is 13.2 Å². The molecule has 1 saturated heterocycles. The zero-order valence-corrected chi connectivity index (χ0v) is 16.8. The summed E-state index contributed by atoms with van der Waals surface area (Å²) in [5, 5.41) is 3.00. The normalized spacial score (nSPS) is 16.0. The molecule has 1 aliphatic heterocycles. The Morgan fingerprint density at radius 3 is 2.60 bits per heavy atom. The number of hydrogen-bond acceptors (Lipinski definition) is 3. The fourth-order valence-electron chi connectivity index (χ4n) is 3.56. The number of nitrogens with zero attached hydrogens (tertiary/aromatic N) is 1. The summed E-state index contributed by atoms with van der Waals surface area (Å²) >= 11 is 0. The lowest BCUT2D eigenvalue weighted by Crippen LogP contribution is -2.43. The van der Waals surface area contributed by atoms with Crippen molar-refractivity contribution in [2.75, 3.05) is 20.2 Å². The highest BCUT2D eigenvalue weighted by molar-refractivity contribution is 5.92. The van der Waals surface area contributed by atoms with Crippen LogP contribution in [0.25, 0.3) is 6.08 Å². The molecule has 0 radical (unpaired) electrons. The molecule has 1 aliphatic rings. The van der Waals surface area contributed by atoms with E-state index in [2.05, 4.69) is 10.2 Å². The zero-order chi connectivity index (χ0) is 21.6. The van der Waals surface area contributed by atoms with Crippen LogP contribution in [0.2, 0.25) is 0 Å². The highest BCUT2D eigenvalue weighted by Gasteiger charge is 2.30. The van der Waals surface area contributed by atoms with Crippen molar-refractivity contribution in [2.24, 2.45) is 0 Å². The first-order valence-corrected chi connectivity index (χ1v) is 9.85. The molecule has 0 bridgehead atoms. The van der Waals surface area contributed by atoms with E-state index < -0.39 is 11.7 Å². The number of likely N-dealkylation sites (tertiary alicyclic amines) is 1. The van der Waals surface area contributed by atoms with Gasteiger partial charge in [-0.3, -0.25) is 9.69 Å². The molecule has 160 valence electrons. The maximum Gasteiger partial charge on any atom is 0.416 e. The quantitative estimate of drug-likeness (QED) is 0.702. The van der Waals surface area contributed by atoms with Crippen molar-refractivity contribution < 1.29 is 22.7 Å². The van der Waals surface area contributed by atoms with Crippen LogP contribution in [0.4, 0.5) is 13.2 Å². The van der Waals surface area contributed by atoms with Gasteiger partial charge in [-0.1, -0.05) is 36.4 Å². The van der Waals surface area contributed by atoms with Crippen LogP contribution in [0, 0.1) is 0 Å². The number of methoxy groups -OCH3 is 1. The second-order valence-electron chi connectivity index (χ2n) is 7.33. The molecular formula is C23H25F3N2O2. The minimum atomic E-state index is -4.33. The van der Waals surface area contributed by atoms with Crippen molar-refractivity contribution >= 4 is 12.0 Å². The van der Waals surface area contributed by atoms with Crippen LogP contribution >= 0.6 is 0 Å². The largest absolute Gasteiger partial charge is 0.496 e. The minimum absolute atomic E-state index is 0.0533. The fourth-order valence-corrected chi connectivity index (χ4v) is 3.56. The molecule has 2 aromatic carbocycles. The predicted molar refractivity (Wildman–Crippen MR) is 110 cm³/mol. The summed E-state index contributed by atoms with van der Waals surface area (Å²) in [5.74, 6) is 0.529. The summed E-state index contributed by atoms with van der Waals surface area (Å²) in [7, 11) is 1.58. The first-order valence-electron chi connectivity index (χ1n) is 9.85. The summed E-state index contributed by atoms with van der Waals surface area (Å²) in [4.78, 5) is 14.3. The molecule has 1 amide bonds. The van der Waals surface area contributed by atoms with Gasteiger partial charge in [0.15, 0.2) is 0 Å². The van der Waals surface area contributed by atoms with Crippen LogP contribution < -0.4 is 10.1 Å². The van der Waals surface area contributed by atoms with Crippen LogP contribution in [0.1, 0.15) is 29.5 Å². The lowest BCUT2D eigenvalue weighted by atomic mass is 10.0. The first kappa shape index (κ1) is 21.9. The van der Waals surface area contributed by atoms with E-state index in [0.29, 0.717) is 17.9 Å². The Bertz CT molecular complexity index is 888. The molecule has 2 aromatic rings. The lowest BCUT2D eigenvalue weighted by Gasteiger charge is -2.32. The molecule has 30 heavy (non-hydrogen) atoms. The molecule has 0 aromatic heterocycles. The van der Waals surface area contributed by atoms with E-state index in [1.165, 1.54) is 18.2 Å². The molecule has 1 fully saturated rings. The van der Waals surface area contributed by atoms with E-state index in [4.69, 9.17) is 4.74 Å². The Hall–Kier alpha value is -2.80. The van der Waals surface area contributed by atoms with Crippen LogP contribution in [-0.2, 0) is 17.5 Å². The molecular weight excluding hydrogens is 393 g/mol. The molecule has 0 atom stereocenters. The summed E-state index contributed by atoms with van der Waals surface area (Å²) in [6.45, 7) is 1.91. The van der Waals surface area contributed by atoms with Crippen molar-refractivity contribution in [1.82, 2.24) is 10.2 Å². The van der Waals surface area contributed by atoms with Crippen LogP contribution in [0.15, 0.2) is 54.6 Å². The van der Waals surface area contributed by atoms with Gasteiger partial charge in [0.2, 0.25) is 5.91 Å². The standard InChI is InChI=1S/C23H25F3N2O2/c1-30-21-8-3-2-6-18(21)9-10-22(29)27-20-11-13-28(14-12-20)16-17-5-4-7-19(15-17)23(24,25)26/h2-10,15,20H,11-14,16H2,1H3,(H,27,29)/b10-9+. The summed E-state index contributed by atoms with van der Waals surface area (Å²) in [5.41, 5.74) is 0.849. The van der Waals surface area contributed by atoms with E-state index in [-0.39, 0.29) is 11.9 Å². The van der Waals surface area contributed by atoms with Crippen molar-refractivity contribution in [3.63, 3.8) is 0 Å². The second kappa shape index (κ2) is 9.80. The Morgan fingerprint density at radius 2 is 1.90 bits per heavy atom. The number of carbonyl (C=O) groups is 1. The van der Waals surface area contributed by atoms with Crippen LogP contribution in [0.5, 0.6) is 5.75 Å². The van der Waals surface area contributed by atoms with Gasteiger partial charge < -0.3 is 10.1 Å². The number of alkyl halides is 3. The van der Waals surface area contributed by atoms with Gasteiger partial charge in [-0.05, 0) is 36.6 Å². The van der Waals surface area contributed by atoms with E-state index in [1.807, 2.05) is 24.3 Å². The maximum absolute atomic E-state index is 12.9. The van der Waals surface area contributed by atoms with E-state index in [1.54, 1.807) is 19.3 Å². The number of hydrogen-bond donors (Lipinski definition) is 1. The van der Waals surface area contributed by atoms with Gasteiger partial charge in [-0.25, -0.2) is 0 Å². The number of piperidine rings is 1. The molecule has 4 nitrogen and oxygen atoms in total. The smallest absolute Gasteiger partial charge is 0.416 e. The van der Waals surface area contributed by atoms with Gasteiger partial charge in [-0.15, -0.1) is 0 Å². The van der Waals surface area contributed by atoms with Crippen molar-refractivity contribution in [3.8, 4) is 5.75 Å². The minimum Gasteiger partial charge on any atom is -0.496 e. The Morgan fingerprint density at radius 1 is 1.17 bits per heavy atom. The molecule has 0 unspecified atom stereocenters. The van der Waals surface area contributed by atoms with Crippen molar-refractivity contribution in [3.05, 3.63) is 71.3 Å². The molecule has 0 aliphatic carbocycles. The van der Waals surface area contributed by atoms with E-state index in [0.717, 1.165) is 37.6 Å². The molecule has 7 heteroatoms. The summed E-state index contributed by atoms with van der Waals surface area (Å²) < 4.78 is 43.9. The highest BCUT2D eigenvalue weighted by atomic mass is 19.4. The summed E-state index contributed by atoms with van der Waals surface area (Å²) in [6, 6.07) is 12.9. The maximum atomic E-state index is 12.9. The zero-order valence-electron chi connectivity index (χ0n) is 16.8. The van der Waals surface area contributed by atoms with Gasteiger partial charge in [0.1, 0.15) is 5.75 Å². The van der Waals surface area contributed by atoms with Gasteiger partial charge in [0.25, 0.3) is 0 Å². The number of rotatable bonds is 6. The molecule has 1 N–H and O–H groups in total.